The third kappa shape index (κ3) is 4.33. The van der Waals surface area contributed by atoms with Crippen LogP contribution in [-0.2, 0) is 98.1 Å². The average molecular weight is 444 g/mol. The van der Waals surface area contributed by atoms with Gasteiger partial charge in [0.1, 0.15) is 5.75 Å². The Labute approximate surface area is 172 Å². The Bertz CT molecular complexity index is 343. The van der Waals surface area contributed by atoms with Crippen molar-refractivity contribution in [1.82, 2.24) is 0 Å². The van der Waals surface area contributed by atoms with Gasteiger partial charge in [0, 0.05) is 104 Å². The van der Waals surface area contributed by atoms with Crippen molar-refractivity contribution < 1.29 is 103 Å². The summed E-state index contributed by atoms with van der Waals surface area (Å²) < 4.78 is 0. The van der Waals surface area contributed by atoms with E-state index < -0.39 is 0 Å². The summed E-state index contributed by atoms with van der Waals surface area (Å²) in [7, 11) is 0. The standard InChI is InChI=1S/C10H13N2O.3Y/c1-7-8(2)10(13)4-3-9(7)12-5-11-6-12;;;/h3-4,13H,5-6H2,1-2H3;;;/q-1;;;. The van der Waals surface area contributed by atoms with Gasteiger partial charge in [0.05, 0.1) is 0 Å². The number of phenols is 1. The average Bonchev–Trinajstić information content (AvgIpc) is 2.03. The fraction of sp³-hybridized carbons (Fsp3) is 0.400. The molecule has 1 fully saturated rings. The Hall–Kier alpha value is 2.09. The van der Waals surface area contributed by atoms with Crippen LogP contribution in [0.5, 0.6) is 5.75 Å². The molecule has 1 aliphatic heterocycles. The van der Waals surface area contributed by atoms with Gasteiger partial charge in [0.2, 0.25) is 0 Å². The Morgan fingerprint density at radius 1 is 1.06 bits per heavy atom. The number of benzene rings is 1. The first-order valence-electron chi connectivity index (χ1n) is 4.37. The van der Waals surface area contributed by atoms with E-state index >= 15 is 0 Å². The van der Waals surface area contributed by atoms with Crippen LogP contribution in [0.15, 0.2) is 12.1 Å². The van der Waals surface area contributed by atoms with E-state index in [4.69, 9.17) is 0 Å². The summed E-state index contributed by atoms with van der Waals surface area (Å²) in [6.07, 6.45) is 0. The molecule has 0 amide bonds. The van der Waals surface area contributed by atoms with Gasteiger partial charge in [-0.05, 0) is 37.1 Å². The first-order chi connectivity index (χ1) is 6.20. The maximum Gasteiger partial charge on any atom is 0.118 e. The molecule has 1 aliphatic rings. The van der Waals surface area contributed by atoms with Crippen molar-refractivity contribution in [2.24, 2.45) is 0 Å². The molecule has 1 N–H and O–H groups in total. The van der Waals surface area contributed by atoms with Crippen molar-refractivity contribution in [2.45, 2.75) is 13.8 Å². The van der Waals surface area contributed by atoms with Gasteiger partial charge in [-0.1, -0.05) is 13.3 Å². The summed E-state index contributed by atoms with van der Waals surface area (Å²) in [5.41, 5.74) is 3.30. The van der Waals surface area contributed by atoms with Gasteiger partial charge in [-0.25, -0.2) is 0 Å². The molecule has 0 spiro atoms. The van der Waals surface area contributed by atoms with Gasteiger partial charge in [-0.2, -0.15) is 0 Å². The van der Waals surface area contributed by atoms with Crippen LogP contribution in [0.25, 0.3) is 5.32 Å². The largest absolute Gasteiger partial charge is 0.628 e. The van der Waals surface area contributed by atoms with Gasteiger partial charge >= 0.3 is 0 Å². The first kappa shape index (κ1) is 20.4. The molecule has 79 valence electrons. The topological polar surface area (TPSA) is 37.6 Å². The van der Waals surface area contributed by atoms with Crippen molar-refractivity contribution in [1.29, 1.82) is 0 Å². The van der Waals surface area contributed by atoms with E-state index in [-0.39, 0.29) is 98.1 Å². The Balaban J connectivity index is 0. The van der Waals surface area contributed by atoms with Crippen LogP contribution in [0.1, 0.15) is 11.1 Å². The molecule has 16 heavy (non-hydrogen) atoms. The van der Waals surface area contributed by atoms with E-state index in [1.54, 1.807) is 6.07 Å². The zero-order chi connectivity index (χ0) is 9.42. The number of anilines is 1. The first-order valence-corrected chi connectivity index (χ1v) is 4.37. The summed E-state index contributed by atoms with van der Waals surface area (Å²) in [6, 6.07) is 3.70. The van der Waals surface area contributed by atoms with Crippen molar-refractivity contribution in [3.05, 3.63) is 28.6 Å². The van der Waals surface area contributed by atoms with E-state index in [1.165, 1.54) is 5.69 Å². The Kier molecular flexibility index (Phi) is 11.6. The second-order valence-electron chi connectivity index (χ2n) is 3.40. The van der Waals surface area contributed by atoms with E-state index in [2.05, 4.69) is 10.2 Å². The molecule has 1 aromatic carbocycles. The van der Waals surface area contributed by atoms with Crippen molar-refractivity contribution in [3.8, 4) is 5.75 Å². The van der Waals surface area contributed by atoms with Gasteiger partial charge in [0.15, 0.2) is 0 Å². The molecule has 3 nitrogen and oxygen atoms in total. The van der Waals surface area contributed by atoms with E-state index in [1.807, 2.05) is 19.9 Å². The summed E-state index contributed by atoms with van der Waals surface area (Å²) in [6.45, 7) is 5.53. The Morgan fingerprint density at radius 3 is 2.06 bits per heavy atom. The predicted molar refractivity (Wildman–Crippen MR) is 53.2 cm³/mol. The Morgan fingerprint density at radius 2 is 1.62 bits per heavy atom. The number of rotatable bonds is 1. The molecule has 6 heteroatoms. The molecule has 0 atom stereocenters. The number of hydrogen-bond donors (Lipinski definition) is 1. The van der Waals surface area contributed by atoms with E-state index in [0.717, 1.165) is 24.5 Å². The summed E-state index contributed by atoms with van der Waals surface area (Å²) in [5, 5.41) is 13.6. The number of aromatic hydroxyl groups is 1. The molecule has 0 aromatic heterocycles. The van der Waals surface area contributed by atoms with Crippen LogP contribution in [0.2, 0.25) is 0 Å². The zero-order valence-corrected chi connectivity index (χ0v) is 18.2. The molecule has 1 saturated heterocycles. The molecular formula is C10H13N2OY3-. The SMILES string of the molecule is Cc1c(O)ccc(N2C[N-]C2)c1C.[Y].[Y].[Y]. The molecule has 0 aliphatic carbocycles. The van der Waals surface area contributed by atoms with Crippen LogP contribution < -0.4 is 4.90 Å². The smallest absolute Gasteiger partial charge is 0.118 e. The normalized spacial score (nSPS) is 12.8. The minimum Gasteiger partial charge on any atom is -0.628 e. The molecule has 0 unspecified atom stereocenters. The fourth-order valence-electron chi connectivity index (χ4n) is 1.49. The van der Waals surface area contributed by atoms with Gasteiger partial charge in [-0.3, -0.25) is 0 Å². The van der Waals surface area contributed by atoms with E-state index in [0.29, 0.717) is 5.75 Å². The van der Waals surface area contributed by atoms with Crippen molar-refractivity contribution >= 4 is 5.69 Å². The third-order valence-electron chi connectivity index (χ3n) is 2.61. The van der Waals surface area contributed by atoms with Crippen molar-refractivity contribution in [3.63, 3.8) is 0 Å². The molecule has 2 rings (SSSR count). The van der Waals surface area contributed by atoms with Crippen molar-refractivity contribution in [2.75, 3.05) is 18.2 Å². The number of nitrogens with zero attached hydrogens (tertiary/aromatic N) is 2. The number of phenolic OH excluding ortho intramolecular Hbond substituents is 1. The predicted octanol–water partition coefficient (Wildman–Crippen LogP) is 2.11. The molecular weight excluding hydrogens is 431 g/mol. The fourth-order valence-corrected chi connectivity index (χ4v) is 1.49. The second kappa shape index (κ2) is 9.07. The number of hydrogen-bond acceptors (Lipinski definition) is 2. The maximum absolute atomic E-state index is 9.46. The maximum atomic E-state index is 9.46. The second-order valence-corrected chi connectivity index (χ2v) is 3.40. The van der Waals surface area contributed by atoms with E-state index in [9.17, 15) is 5.11 Å². The quantitative estimate of drug-likeness (QED) is 0.722. The van der Waals surface area contributed by atoms with Crippen LogP contribution in [-0.4, -0.2) is 18.4 Å². The third-order valence-corrected chi connectivity index (χ3v) is 2.61. The molecule has 0 bridgehead atoms. The molecule has 1 heterocycles. The van der Waals surface area contributed by atoms with Crippen LogP contribution in [0, 0.1) is 13.8 Å². The molecule has 3 radical (unpaired) electrons. The molecule has 0 saturated carbocycles. The van der Waals surface area contributed by atoms with Crippen LogP contribution in [0.3, 0.4) is 0 Å². The summed E-state index contributed by atoms with van der Waals surface area (Å²) in [4.78, 5) is 2.18. The van der Waals surface area contributed by atoms with Gasteiger partial charge in [0.25, 0.3) is 0 Å². The van der Waals surface area contributed by atoms with Gasteiger partial charge < -0.3 is 15.3 Å². The van der Waals surface area contributed by atoms with Crippen LogP contribution in [0.4, 0.5) is 5.69 Å². The summed E-state index contributed by atoms with van der Waals surface area (Å²) >= 11 is 0. The minimum atomic E-state index is 0. The molecule has 1 aromatic rings. The monoisotopic (exact) mass is 444 g/mol. The zero-order valence-electron chi connectivity index (χ0n) is 9.64. The van der Waals surface area contributed by atoms with Crippen LogP contribution >= 0.6 is 0 Å². The van der Waals surface area contributed by atoms with Gasteiger partial charge in [-0.15, -0.1) is 0 Å². The minimum absolute atomic E-state index is 0. The summed E-state index contributed by atoms with van der Waals surface area (Å²) in [5.74, 6) is 0.374.